The van der Waals surface area contributed by atoms with E-state index in [-0.39, 0.29) is 0 Å². The Morgan fingerprint density at radius 3 is 2.33 bits per heavy atom. The van der Waals surface area contributed by atoms with Crippen molar-refractivity contribution in [1.82, 2.24) is 0 Å². The van der Waals surface area contributed by atoms with Crippen molar-refractivity contribution in [3.8, 4) is 6.07 Å². The van der Waals surface area contributed by atoms with E-state index in [0.717, 1.165) is 11.5 Å². The molecule has 0 atom stereocenters. The van der Waals surface area contributed by atoms with Gasteiger partial charge in [-0.2, -0.15) is 17.0 Å². The molecule has 32 valence electrons. The van der Waals surface area contributed by atoms with Gasteiger partial charge in [0, 0.05) is 11.5 Å². The lowest BCUT2D eigenvalue weighted by Crippen LogP contribution is -2.14. The van der Waals surface area contributed by atoms with Crippen LogP contribution in [0.4, 0.5) is 0 Å². The van der Waals surface area contributed by atoms with Crippen LogP contribution in [0.1, 0.15) is 0 Å². The fraction of sp³-hybridized carbons (Fsp3) is 0.750. The number of nitriles is 1. The maximum absolute atomic E-state index is 8.12. The van der Waals surface area contributed by atoms with E-state index in [1.165, 1.54) is 0 Å². The van der Waals surface area contributed by atoms with Crippen molar-refractivity contribution in [1.29, 1.82) is 5.26 Å². The second-order valence-corrected chi connectivity index (χ2v) is 2.44. The van der Waals surface area contributed by atoms with Crippen molar-refractivity contribution in [3.63, 3.8) is 0 Å². The van der Waals surface area contributed by atoms with Crippen LogP contribution in [0.5, 0.6) is 0 Å². The SMILES string of the molecule is N#CC1CSC1. The lowest BCUT2D eigenvalue weighted by molar-refractivity contribution is 0.832. The Bertz CT molecular complexity index is 80.0. The van der Waals surface area contributed by atoms with Crippen LogP contribution >= 0.6 is 11.8 Å². The largest absolute Gasteiger partial charge is 0.198 e. The zero-order valence-electron chi connectivity index (χ0n) is 3.35. The first-order valence-electron chi connectivity index (χ1n) is 1.91. The van der Waals surface area contributed by atoms with Gasteiger partial charge >= 0.3 is 0 Å². The highest BCUT2D eigenvalue weighted by atomic mass is 32.2. The Balaban J connectivity index is 2.22. The Morgan fingerprint density at radius 2 is 2.33 bits per heavy atom. The minimum atomic E-state index is 0.384. The highest BCUT2D eigenvalue weighted by Gasteiger charge is 2.15. The van der Waals surface area contributed by atoms with Crippen LogP contribution in [0.3, 0.4) is 0 Å². The first kappa shape index (κ1) is 4.01. The molecule has 1 nitrogen and oxygen atoms in total. The lowest BCUT2D eigenvalue weighted by atomic mass is 10.2. The molecule has 0 aromatic carbocycles. The molecule has 6 heavy (non-hydrogen) atoms. The second kappa shape index (κ2) is 1.53. The van der Waals surface area contributed by atoms with E-state index < -0.39 is 0 Å². The Labute approximate surface area is 41.3 Å². The maximum Gasteiger partial charge on any atom is 0.0673 e. The predicted octanol–water partition coefficient (Wildman–Crippen LogP) is 0.873. The molecule has 0 aromatic rings. The molecule has 1 aliphatic rings. The smallest absolute Gasteiger partial charge is 0.0673 e. The lowest BCUT2D eigenvalue weighted by Gasteiger charge is -2.15. The summed E-state index contributed by atoms with van der Waals surface area (Å²) in [6.07, 6.45) is 0. The average molecular weight is 99.2 g/mol. The third-order valence-electron chi connectivity index (χ3n) is 0.821. The quantitative estimate of drug-likeness (QED) is 0.450. The summed E-state index contributed by atoms with van der Waals surface area (Å²) in [5, 5.41) is 8.12. The van der Waals surface area contributed by atoms with Crippen molar-refractivity contribution >= 4 is 11.8 Å². The monoisotopic (exact) mass is 99.0 g/mol. The van der Waals surface area contributed by atoms with E-state index in [0.29, 0.717) is 5.92 Å². The summed E-state index contributed by atoms with van der Waals surface area (Å²) in [6.45, 7) is 0. The summed E-state index contributed by atoms with van der Waals surface area (Å²) in [5.41, 5.74) is 0. The van der Waals surface area contributed by atoms with E-state index in [4.69, 9.17) is 5.26 Å². The van der Waals surface area contributed by atoms with E-state index in [1.807, 2.05) is 11.8 Å². The Morgan fingerprint density at radius 1 is 1.67 bits per heavy atom. The molecular formula is C4H5NS. The summed E-state index contributed by atoms with van der Waals surface area (Å²) in [7, 11) is 0. The Kier molecular flexibility index (Phi) is 1.02. The minimum absolute atomic E-state index is 0.384. The average Bonchev–Trinajstić information content (AvgIpc) is 1.31. The standard InChI is InChI=1S/C4H5NS/c5-1-4-2-6-3-4/h4H,2-3H2. The number of rotatable bonds is 0. The molecule has 0 saturated carbocycles. The molecule has 0 radical (unpaired) electrons. The third-order valence-corrected chi connectivity index (χ3v) is 2.10. The van der Waals surface area contributed by atoms with Gasteiger partial charge in [0.15, 0.2) is 0 Å². The molecular weight excluding hydrogens is 94.1 g/mol. The summed E-state index contributed by atoms with van der Waals surface area (Å²) >= 11 is 1.85. The summed E-state index contributed by atoms with van der Waals surface area (Å²) in [4.78, 5) is 0. The number of thioether (sulfide) groups is 1. The Hall–Kier alpha value is -0.160. The normalized spacial score (nSPS) is 21.8. The molecule has 1 rings (SSSR count). The van der Waals surface area contributed by atoms with E-state index in [1.54, 1.807) is 0 Å². The summed E-state index contributed by atoms with van der Waals surface area (Å²) in [5.74, 6) is 2.52. The maximum atomic E-state index is 8.12. The van der Waals surface area contributed by atoms with Crippen LogP contribution in [-0.4, -0.2) is 11.5 Å². The van der Waals surface area contributed by atoms with Crippen LogP contribution < -0.4 is 0 Å². The topological polar surface area (TPSA) is 23.8 Å². The zero-order chi connectivity index (χ0) is 4.41. The van der Waals surface area contributed by atoms with Crippen molar-refractivity contribution in [2.75, 3.05) is 11.5 Å². The van der Waals surface area contributed by atoms with E-state index in [9.17, 15) is 0 Å². The highest BCUT2D eigenvalue weighted by molar-refractivity contribution is 8.00. The molecule has 1 fully saturated rings. The van der Waals surface area contributed by atoms with Crippen LogP contribution in [0.25, 0.3) is 0 Å². The number of hydrogen-bond acceptors (Lipinski definition) is 2. The highest BCUT2D eigenvalue weighted by Crippen LogP contribution is 2.22. The fourth-order valence-corrected chi connectivity index (χ4v) is 0.931. The molecule has 0 spiro atoms. The molecule has 1 saturated heterocycles. The van der Waals surface area contributed by atoms with Gasteiger partial charge in [0.1, 0.15) is 0 Å². The van der Waals surface area contributed by atoms with Gasteiger partial charge in [-0.3, -0.25) is 0 Å². The van der Waals surface area contributed by atoms with Gasteiger partial charge in [0.05, 0.1) is 12.0 Å². The predicted molar refractivity (Wildman–Crippen MR) is 26.4 cm³/mol. The van der Waals surface area contributed by atoms with Crippen LogP contribution in [-0.2, 0) is 0 Å². The van der Waals surface area contributed by atoms with Gasteiger partial charge in [0.25, 0.3) is 0 Å². The molecule has 2 heteroatoms. The summed E-state index contributed by atoms with van der Waals surface area (Å²) in [6, 6.07) is 2.18. The molecule has 0 N–H and O–H groups in total. The van der Waals surface area contributed by atoms with Crippen LogP contribution in [0, 0.1) is 17.2 Å². The summed E-state index contributed by atoms with van der Waals surface area (Å²) < 4.78 is 0. The number of nitrogens with zero attached hydrogens (tertiary/aromatic N) is 1. The molecule has 1 heterocycles. The van der Waals surface area contributed by atoms with E-state index >= 15 is 0 Å². The first-order valence-corrected chi connectivity index (χ1v) is 3.06. The van der Waals surface area contributed by atoms with Crippen LogP contribution in [0.15, 0.2) is 0 Å². The second-order valence-electron chi connectivity index (χ2n) is 1.36. The molecule has 1 aliphatic heterocycles. The molecule has 0 bridgehead atoms. The molecule has 0 aliphatic carbocycles. The van der Waals surface area contributed by atoms with Gasteiger partial charge < -0.3 is 0 Å². The minimum Gasteiger partial charge on any atom is -0.198 e. The van der Waals surface area contributed by atoms with Gasteiger partial charge in [0.2, 0.25) is 0 Å². The van der Waals surface area contributed by atoms with Gasteiger partial charge in [-0.15, -0.1) is 0 Å². The van der Waals surface area contributed by atoms with Gasteiger partial charge in [-0.25, -0.2) is 0 Å². The van der Waals surface area contributed by atoms with Crippen molar-refractivity contribution in [2.24, 2.45) is 5.92 Å². The van der Waals surface area contributed by atoms with Crippen molar-refractivity contribution in [2.45, 2.75) is 0 Å². The fourth-order valence-electron chi connectivity index (χ4n) is 0.310. The molecule has 0 amide bonds. The van der Waals surface area contributed by atoms with E-state index in [2.05, 4.69) is 6.07 Å². The zero-order valence-corrected chi connectivity index (χ0v) is 4.16. The number of hydrogen-bond donors (Lipinski definition) is 0. The third kappa shape index (κ3) is 0.504. The van der Waals surface area contributed by atoms with Gasteiger partial charge in [-0.1, -0.05) is 0 Å². The van der Waals surface area contributed by atoms with Gasteiger partial charge in [-0.05, 0) is 0 Å². The van der Waals surface area contributed by atoms with Crippen LogP contribution in [0.2, 0.25) is 0 Å². The molecule has 0 unspecified atom stereocenters. The van der Waals surface area contributed by atoms with Crippen molar-refractivity contribution < 1.29 is 0 Å². The molecule has 0 aromatic heterocycles. The van der Waals surface area contributed by atoms with Crippen molar-refractivity contribution in [3.05, 3.63) is 0 Å². The first-order chi connectivity index (χ1) is 2.93.